The molecule has 1 rings (SSSR count). The van der Waals surface area contributed by atoms with Gasteiger partial charge in [-0.1, -0.05) is 0 Å². The molecule has 0 saturated heterocycles. The van der Waals surface area contributed by atoms with Gasteiger partial charge in [-0.25, -0.2) is 18.0 Å². The molecule has 0 amide bonds. The first-order chi connectivity index (χ1) is 8.68. The molecule has 1 aromatic carbocycles. The number of ketones is 1. The maximum absolute atomic E-state index is 13.1. The highest BCUT2D eigenvalue weighted by atomic mass is 32.1. The van der Waals surface area contributed by atoms with E-state index < -0.39 is 51.8 Å². The van der Waals surface area contributed by atoms with Crippen molar-refractivity contribution in [2.24, 2.45) is 0 Å². The Bertz CT molecular complexity index is 532. The molecule has 0 fully saturated rings. The van der Waals surface area contributed by atoms with Gasteiger partial charge in [-0.15, -0.1) is 0 Å². The van der Waals surface area contributed by atoms with Crippen molar-refractivity contribution in [1.82, 2.24) is 0 Å². The minimum atomic E-state index is -2.39. The van der Waals surface area contributed by atoms with Crippen LogP contribution in [0.1, 0.15) is 6.92 Å². The van der Waals surface area contributed by atoms with Gasteiger partial charge in [-0.05, 0) is 6.92 Å². The molecule has 104 valence electrons. The summed E-state index contributed by atoms with van der Waals surface area (Å²) in [4.78, 5) is 21.9. The van der Waals surface area contributed by atoms with Crippen molar-refractivity contribution in [2.75, 3.05) is 0 Å². The Kier molecular flexibility index (Phi) is 4.51. The number of rotatable bonds is 3. The Morgan fingerprint density at radius 2 is 1.32 bits per heavy atom. The average molecular weight is 300 g/mol. The molecule has 1 aromatic rings. The summed E-state index contributed by atoms with van der Waals surface area (Å²) in [7, 11) is 0. The summed E-state index contributed by atoms with van der Waals surface area (Å²) in [5, 5.41) is -1.70. The number of Topliss-reactive ketones (excluding diaryl/α,β-unsaturated/α-hetero) is 1. The lowest BCUT2D eigenvalue weighted by Crippen LogP contribution is -2.28. The van der Waals surface area contributed by atoms with Gasteiger partial charge in [0.05, 0.1) is 0 Å². The molecule has 0 aliphatic heterocycles. The smallest absolute Gasteiger partial charge is 0.332 e. The van der Waals surface area contributed by atoms with Crippen LogP contribution >= 0.6 is 12.6 Å². The molecule has 0 heterocycles. The molecule has 0 aliphatic carbocycles. The minimum absolute atomic E-state index is 0.822. The normalized spacial score (nSPS) is 12.2. The maximum Gasteiger partial charge on any atom is 0.332 e. The van der Waals surface area contributed by atoms with E-state index in [1.54, 1.807) is 0 Å². The van der Waals surface area contributed by atoms with Gasteiger partial charge in [0.15, 0.2) is 11.0 Å². The fourth-order valence-corrected chi connectivity index (χ4v) is 1.05. The molecule has 0 aliphatic rings. The average Bonchev–Trinajstić information content (AvgIpc) is 2.37. The van der Waals surface area contributed by atoms with Gasteiger partial charge in [0.2, 0.25) is 34.8 Å². The van der Waals surface area contributed by atoms with Gasteiger partial charge in [0, 0.05) is 0 Å². The van der Waals surface area contributed by atoms with Crippen molar-refractivity contribution < 1.29 is 36.3 Å². The summed E-state index contributed by atoms with van der Waals surface area (Å²) in [5.74, 6) is -15.7. The third kappa shape index (κ3) is 2.86. The number of ether oxygens (including phenoxy) is 1. The summed E-state index contributed by atoms with van der Waals surface area (Å²) in [6.07, 6.45) is 0. The van der Waals surface area contributed by atoms with Crippen LogP contribution in [-0.2, 0) is 9.59 Å². The zero-order chi connectivity index (χ0) is 14.9. The summed E-state index contributed by atoms with van der Waals surface area (Å²) in [6, 6.07) is 0. The van der Waals surface area contributed by atoms with E-state index in [0.717, 1.165) is 6.92 Å². The minimum Gasteiger partial charge on any atom is -0.419 e. The molecule has 1 unspecified atom stereocenters. The second-order valence-electron chi connectivity index (χ2n) is 3.33. The molecule has 0 spiro atoms. The van der Waals surface area contributed by atoms with Crippen LogP contribution in [-0.4, -0.2) is 17.0 Å². The van der Waals surface area contributed by atoms with Crippen molar-refractivity contribution in [2.45, 2.75) is 12.2 Å². The van der Waals surface area contributed by atoms with E-state index in [2.05, 4.69) is 17.4 Å². The van der Waals surface area contributed by atoms with E-state index in [1.807, 2.05) is 0 Å². The van der Waals surface area contributed by atoms with Gasteiger partial charge in [0.1, 0.15) is 0 Å². The number of esters is 1. The topological polar surface area (TPSA) is 43.4 Å². The third-order valence-electron chi connectivity index (χ3n) is 1.98. The zero-order valence-electron chi connectivity index (χ0n) is 9.14. The van der Waals surface area contributed by atoms with Crippen molar-refractivity contribution in [3.63, 3.8) is 0 Å². The van der Waals surface area contributed by atoms with Crippen molar-refractivity contribution in [3.8, 4) is 5.75 Å². The van der Waals surface area contributed by atoms with Crippen LogP contribution in [0.5, 0.6) is 5.75 Å². The number of thiol groups is 1. The highest BCUT2D eigenvalue weighted by Gasteiger charge is 2.30. The number of halogens is 5. The van der Waals surface area contributed by atoms with E-state index in [1.165, 1.54) is 0 Å². The van der Waals surface area contributed by atoms with E-state index in [0.29, 0.717) is 0 Å². The molecule has 0 aromatic heterocycles. The van der Waals surface area contributed by atoms with Crippen molar-refractivity contribution >= 4 is 24.4 Å². The molecule has 0 bridgehead atoms. The van der Waals surface area contributed by atoms with Crippen molar-refractivity contribution in [3.05, 3.63) is 29.1 Å². The van der Waals surface area contributed by atoms with Gasteiger partial charge in [-0.2, -0.15) is 21.4 Å². The Hall–Kier alpha value is -1.64. The molecule has 19 heavy (non-hydrogen) atoms. The van der Waals surface area contributed by atoms with Gasteiger partial charge >= 0.3 is 5.97 Å². The Morgan fingerprint density at radius 3 is 1.68 bits per heavy atom. The second-order valence-corrected chi connectivity index (χ2v) is 3.85. The van der Waals surface area contributed by atoms with Crippen LogP contribution in [0.2, 0.25) is 0 Å². The first-order valence-electron chi connectivity index (χ1n) is 4.60. The molecule has 1 atom stereocenters. The molecular formula is C10H5F5O3S. The van der Waals surface area contributed by atoms with E-state index in [-0.39, 0.29) is 0 Å². The third-order valence-corrected chi connectivity index (χ3v) is 2.55. The number of hydrogen-bond acceptors (Lipinski definition) is 4. The zero-order valence-corrected chi connectivity index (χ0v) is 10.0. The quantitative estimate of drug-likeness (QED) is 0.177. The molecule has 0 radical (unpaired) electrons. The number of carbonyl (C=O) groups is 2. The van der Waals surface area contributed by atoms with Crippen molar-refractivity contribution in [1.29, 1.82) is 0 Å². The number of carbonyl (C=O) groups excluding carboxylic acids is 2. The monoisotopic (exact) mass is 300 g/mol. The van der Waals surface area contributed by atoms with Crippen LogP contribution in [0.4, 0.5) is 22.0 Å². The van der Waals surface area contributed by atoms with Crippen LogP contribution in [0, 0.1) is 29.1 Å². The Balaban J connectivity index is 3.23. The Morgan fingerprint density at radius 1 is 0.947 bits per heavy atom. The summed E-state index contributed by atoms with van der Waals surface area (Å²) < 4.78 is 68.5. The SMILES string of the molecule is CC(=O)C(S)C(=O)Oc1c(F)c(F)c(F)c(F)c1F. The maximum atomic E-state index is 13.1. The predicted octanol–water partition coefficient (Wildman–Crippen LogP) is 2.17. The van der Waals surface area contributed by atoms with Crippen LogP contribution in [0.3, 0.4) is 0 Å². The molecule has 0 saturated carbocycles. The van der Waals surface area contributed by atoms with E-state index in [9.17, 15) is 31.5 Å². The Labute approximate surface area is 108 Å². The van der Waals surface area contributed by atoms with Gasteiger partial charge < -0.3 is 4.74 Å². The van der Waals surface area contributed by atoms with E-state index in [4.69, 9.17) is 0 Å². The number of benzene rings is 1. The van der Waals surface area contributed by atoms with Crippen LogP contribution in [0.25, 0.3) is 0 Å². The van der Waals surface area contributed by atoms with Gasteiger partial charge in [0.25, 0.3) is 0 Å². The molecule has 9 heteroatoms. The molecule has 0 N–H and O–H groups in total. The lowest BCUT2D eigenvalue weighted by Gasteiger charge is -2.10. The van der Waals surface area contributed by atoms with Crippen LogP contribution in [0.15, 0.2) is 0 Å². The first kappa shape index (κ1) is 15.4. The largest absolute Gasteiger partial charge is 0.419 e. The van der Waals surface area contributed by atoms with Gasteiger partial charge in [-0.3, -0.25) is 4.79 Å². The predicted molar refractivity (Wildman–Crippen MR) is 55.3 cm³/mol. The molecular weight excluding hydrogens is 295 g/mol. The lowest BCUT2D eigenvalue weighted by molar-refractivity contribution is -0.137. The highest BCUT2D eigenvalue weighted by Crippen LogP contribution is 2.29. The highest BCUT2D eigenvalue weighted by molar-refractivity contribution is 7.82. The summed E-state index contributed by atoms with van der Waals surface area (Å²) >= 11 is 3.46. The van der Waals surface area contributed by atoms with Crippen LogP contribution < -0.4 is 4.74 Å². The fraction of sp³-hybridized carbons (Fsp3) is 0.200. The summed E-state index contributed by atoms with van der Waals surface area (Å²) in [5.41, 5.74) is 0. The first-order valence-corrected chi connectivity index (χ1v) is 5.11. The summed E-state index contributed by atoms with van der Waals surface area (Å²) in [6.45, 7) is 0.928. The standard InChI is InChI=1S/C10H5F5O3S/c1-2(16)9(19)10(17)18-8-6(14)4(12)3(11)5(13)7(8)15/h9,19H,1H3. The second kappa shape index (κ2) is 5.55. The molecule has 3 nitrogen and oxygen atoms in total. The fourth-order valence-electron chi connectivity index (χ4n) is 0.997. The number of hydrogen-bond donors (Lipinski definition) is 1. The van der Waals surface area contributed by atoms with E-state index >= 15 is 0 Å². The lowest BCUT2D eigenvalue weighted by atomic mass is 10.2.